The van der Waals surface area contributed by atoms with Crippen molar-refractivity contribution in [1.29, 1.82) is 5.26 Å². The van der Waals surface area contributed by atoms with Crippen LogP contribution in [0.2, 0.25) is 0 Å². The lowest BCUT2D eigenvalue weighted by Crippen LogP contribution is -2.04. The maximum absolute atomic E-state index is 9.52. The molecule has 0 fully saturated rings. The van der Waals surface area contributed by atoms with Gasteiger partial charge in [-0.3, -0.25) is 4.57 Å². The molecule has 4 aromatic rings. The van der Waals surface area contributed by atoms with Crippen LogP contribution in [-0.2, 0) is 12.8 Å². The standard InChI is InChI=1S/C21H16N6O/c1-28-15-7-8-18-21(10-15)27-20(11-19-17(12-22)23-13-26(18)19)16(24-25-27)9-14-5-3-2-4-6-14/h2-8,10,13H,9,11H2,1H3. The van der Waals surface area contributed by atoms with E-state index in [9.17, 15) is 5.26 Å². The summed E-state index contributed by atoms with van der Waals surface area (Å²) in [5.41, 5.74) is 6.00. The van der Waals surface area contributed by atoms with Gasteiger partial charge in [-0.15, -0.1) is 5.10 Å². The van der Waals surface area contributed by atoms with Gasteiger partial charge < -0.3 is 4.74 Å². The molecular formula is C21H16N6O. The Bertz CT molecular complexity index is 1220. The van der Waals surface area contributed by atoms with Crippen LogP contribution in [0.3, 0.4) is 0 Å². The first-order valence-corrected chi connectivity index (χ1v) is 8.91. The van der Waals surface area contributed by atoms with Crippen molar-refractivity contribution < 1.29 is 4.74 Å². The van der Waals surface area contributed by atoms with Crippen LogP contribution < -0.4 is 4.74 Å². The quantitative estimate of drug-likeness (QED) is 0.489. The molecule has 0 amide bonds. The monoisotopic (exact) mass is 368 g/mol. The van der Waals surface area contributed by atoms with Gasteiger partial charge in [-0.1, -0.05) is 35.5 Å². The molecule has 0 saturated carbocycles. The van der Waals surface area contributed by atoms with Crippen LogP contribution in [0.4, 0.5) is 0 Å². The zero-order valence-corrected chi connectivity index (χ0v) is 15.2. The highest BCUT2D eigenvalue weighted by Gasteiger charge is 2.26. The molecule has 0 aliphatic carbocycles. The molecule has 5 rings (SSSR count). The topological polar surface area (TPSA) is 81.6 Å². The lowest BCUT2D eigenvalue weighted by molar-refractivity contribution is 0.414. The third kappa shape index (κ3) is 2.47. The molecule has 1 aliphatic heterocycles. The number of rotatable bonds is 3. The second-order valence-corrected chi connectivity index (χ2v) is 6.61. The predicted octanol–water partition coefficient (Wildman–Crippen LogP) is 2.83. The molecular weight excluding hydrogens is 352 g/mol. The van der Waals surface area contributed by atoms with E-state index >= 15 is 0 Å². The Morgan fingerprint density at radius 3 is 2.75 bits per heavy atom. The van der Waals surface area contributed by atoms with E-state index in [4.69, 9.17) is 4.74 Å². The van der Waals surface area contributed by atoms with Gasteiger partial charge in [-0.2, -0.15) is 5.26 Å². The van der Waals surface area contributed by atoms with E-state index in [0.29, 0.717) is 18.5 Å². The Hall–Kier alpha value is -3.92. The van der Waals surface area contributed by atoms with E-state index in [1.54, 1.807) is 13.4 Å². The fraction of sp³-hybridized carbons (Fsp3) is 0.143. The largest absolute Gasteiger partial charge is 0.497 e. The van der Waals surface area contributed by atoms with Gasteiger partial charge in [0, 0.05) is 18.9 Å². The lowest BCUT2D eigenvalue weighted by atomic mass is 10.1. The minimum absolute atomic E-state index is 0.419. The number of imidazole rings is 1. The molecule has 7 nitrogen and oxygen atoms in total. The fourth-order valence-corrected chi connectivity index (χ4v) is 3.64. The fourth-order valence-electron chi connectivity index (χ4n) is 3.64. The first-order chi connectivity index (χ1) is 13.8. The van der Waals surface area contributed by atoms with Gasteiger partial charge in [0.2, 0.25) is 0 Å². The summed E-state index contributed by atoms with van der Waals surface area (Å²) >= 11 is 0. The molecule has 2 aromatic carbocycles. The van der Waals surface area contributed by atoms with Crippen LogP contribution in [0.25, 0.3) is 11.4 Å². The number of nitrogens with zero attached hydrogens (tertiary/aromatic N) is 6. The highest BCUT2D eigenvalue weighted by Crippen LogP contribution is 2.32. The van der Waals surface area contributed by atoms with E-state index in [1.165, 1.54) is 0 Å². The molecule has 0 radical (unpaired) electrons. The van der Waals surface area contributed by atoms with Crippen molar-refractivity contribution in [2.24, 2.45) is 0 Å². The number of ether oxygens (including phenoxy) is 1. The maximum atomic E-state index is 9.52. The molecule has 28 heavy (non-hydrogen) atoms. The molecule has 0 unspecified atom stereocenters. The Morgan fingerprint density at radius 1 is 1.11 bits per heavy atom. The first kappa shape index (κ1) is 16.3. The van der Waals surface area contributed by atoms with Crippen molar-refractivity contribution in [2.45, 2.75) is 12.8 Å². The van der Waals surface area contributed by atoms with Gasteiger partial charge in [0.15, 0.2) is 5.69 Å². The van der Waals surface area contributed by atoms with Crippen LogP contribution in [-0.4, -0.2) is 31.7 Å². The van der Waals surface area contributed by atoms with Crippen molar-refractivity contribution >= 4 is 0 Å². The number of nitriles is 1. The Morgan fingerprint density at radius 2 is 1.96 bits per heavy atom. The Labute approximate surface area is 161 Å². The SMILES string of the molecule is COc1ccc2c(c1)-n1nnc(Cc3ccccc3)c1Cc1c(C#N)ncn1-2. The smallest absolute Gasteiger partial charge is 0.162 e. The molecule has 0 atom stereocenters. The third-order valence-corrected chi connectivity index (χ3v) is 5.04. The summed E-state index contributed by atoms with van der Waals surface area (Å²) in [7, 11) is 1.64. The number of fused-ring (bicyclic) bond motifs is 5. The van der Waals surface area contributed by atoms with Crippen LogP contribution in [0, 0.1) is 11.3 Å². The minimum Gasteiger partial charge on any atom is -0.497 e. The number of hydrogen-bond donors (Lipinski definition) is 0. The minimum atomic E-state index is 0.419. The Balaban J connectivity index is 1.73. The van der Waals surface area contributed by atoms with E-state index in [0.717, 1.165) is 39.8 Å². The first-order valence-electron chi connectivity index (χ1n) is 8.91. The number of hydrogen-bond acceptors (Lipinski definition) is 5. The predicted molar refractivity (Wildman–Crippen MR) is 102 cm³/mol. The molecule has 0 saturated heterocycles. The van der Waals surface area contributed by atoms with Gasteiger partial charge in [0.05, 0.1) is 35.6 Å². The summed E-state index contributed by atoms with van der Waals surface area (Å²) in [6.07, 6.45) is 2.89. The van der Waals surface area contributed by atoms with Crippen LogP contribution >= 0.6 is 0 Å². The second kappa shape index (κ2) is 6.35. The van der Waals surface area contributed by atoms with Crippen LogP contribution in [0.1, 0.15) is 28.3 Å². The van der Waals surface area contributed by atoms with E-state index in [-0.39, 0.29) is 0 Å². The average molecular weight is 368 g/mol. The molecule has 0 bridgehead atoms. The summed E-state index contributed by atoms with van der Waals surface area (Å²) in [5.74, 6) is 0.730. The van der Waals surface area contributed by atoms with Gasteiger partial charge in [0.1, 0.15) is 18.1 Å². The van der Waals surface area contributed by atoms with E-state index in [1.807, 2.05) is 45.6 Å². The second-order valence-electron chi connectivity index (χ2n) is 6.61. The van der Waals surface area contributed by atoms with E-state index in [2.05, 4.69) is 33.5 Å². The van der Waals surface area contributed by atoms with Crippen molar-refractivity contribution in [3.63, 3.8) is 0 Å². The third-order valence-electron chi connectivity index (χ3n) is 5.04. The highest BCUT2D eigenvalue weighted by atomic mass is 16.5. The molecule has 0 spiro atoms. The maximum Gasteiger partial charge on any atom is 0.162 e. The number of aromatic nitrogens is 5. The lowest BCUT2D eigenvalue weighted by Gasteiger charge is -2.11. The summed E-state index contributed by atoms with van der Waals surface area (Å²) < 4.78 is 9.22. The molecule has 0 N–H and O–H groups in total. The van der Waals surface area contributed by atoms with E-state index < -0.39 is 0 Å². The van der Waals surface area contributed by atoms with Gasteiger partial charge in [-0.05, 0) is 17.7 Å². The molecule has 2 aromatic heterocycles. The van der Waals surface area contributed by atoms with Crippen LogP contribution in [0.5, 0.6) is 5.75 Å². The van der Waals surface area contributed by atoms with Crippen molar-refractivity contribution in [3.8, 4) is 23.2 Å². The van der Waals surface area contributed by atoms with Gasteiger partial charge >= 0.3 is 0 Å². The normalized spacial score (nSPS) is 11.7. The molecule has 3 heterocycles. The van der Waals surface area contributed by atoms with Crippen molar-refractivity contribution in [2.75, 3.05) is 7.11 Å². The highest BCUT2D eigenvalue weighted by molar-refractivity contribution is 5.59. The summed E-state index contributed by atoms with van der Waals surface area (Å²) in [4.78, 5) is 4.29. The van der Waals surface area contributed by atoms with Crippen molar-refractivity contribution in [3.05, 3.63) is 83.2 Å². The number of methoxy groups -OCH3 is 1. The summed E-state index contributed by atoms with van der Waals surface area (Å²) in [6.45, 7) is 0. The summed E-state index contributed by atoms with van der Waals surface area (Å²) in [6, 6.07) is 18.1. The molecule has 7 heteroatoms. The molecule has 136 valence electrons. The van der Waals surface area contributed by atoms with Crippen molar-refractivity contribution in [1.82, 2.24) is 24.5 Å². The zero-order valence-electron chi connectivity index (χ0n) is 15.2. The zero-order chi connectivity index (χ0) is 19.1. The summed E-state index contributed by atoms with van der Waals surface area (Å²) in [5, 5.41) is 18.4. The average Bonchev–Trinajstić information content (AvgIpc) is 3.29. The Kier molecular flexibility index (Phi) is 3.69. The number of benzene rings is 2. The van der Waals surface area contributed by atoms with Crippen LogP contribution in [0.15, 0.2) is 54.9 Å². The van der Waals surface area contributed by atoms with Gasteiger partial charge in [0.25, 0.3) is 0 Å². The van der Waals surface area contributed by atoms with Gasteiger partial charge in [-0.25, -0.2) is 9.67 Å². The molecule has 1 aliphatic rings.